The van der Waals surface area contributed by atoms with Crippen LogP contribution >= 0.6 is 22.9 Å². The van der Waals surface area contributed by atoms with Gasteiger partial charge in [0.25, 0.3) is 0 Å². The standard InChI is InChI=1S/C12H12ClN3O2S/c1-7(8-3-5-14-6-4-8)15-12-16-10(13)9(19-12)11(17)18-2/h3-7H,1-2H3,(H,15,16). The van der Waals surface area contributed by atoms with Crippen molar-refractivity contribution < 1.29 is 9.53 Å². The lowest BCUT2D eigenvalue weighted by atomic mass is 10.1. The van der Waals surface area contributed by atoms with Crippen molar-refractivity contribution in [2.45, 2.75) is 13.0 Å². The number of halogens is 1. The van der Waals surface area contributed by atoms with E-state index in [1.54, 1.807) is 12.4 Å². The molecule has 100 valence electrons. The molecule has 0 spiro atoms. The Bertz CT molecular complexity index is 574. The number of hydrogen-bond donors (Lipinski definition) is 1. The molecule has 7 heteroatoms. The van der Waals surface area contributed by atoms with Gasteiger partial charge in [-0.2, -0.15) is 0 Å². The fraction of sp³-hybridized carbons (Fsp3) is 0.250. The molecule has 19 heavy (non-hydrogen) atoms. The summed E-state index contributed by atoms with van der Waals surface area (Å²) in [7, 11) is 1.31. The van der Waals surface area contributed by atoms with Crippen molar-refractivity contribution in [3.8, 4) is 0 Å². The minimum Gasteiger partial charge on any atom is -0.465 e. The van der Waals surface area contributed by atoms with E-state index in [4.69, 9.17) is 11.6 Å². The largest absolute Gasteiger partial charge is 0.465 e. The van der Waals surface area contributed by atoms with Crippen LogP contribution in [0.3, 0.4) is 0 Å². The third-order valence-corrected chi connectivity index (χ3v) is 3.85. The van der Waals surface area contributed by atoms with Crippen LogP contribution in [0.25, 0.3) is 0 Å². The van der Waals surface area contributed by atoms with Gasteiger partial charge in [-0.1, -0.05) is 22.9 Å². The first-order chi connectivity index (χ1) is 9.11. The van der Waals surface area contributed by atoms with Crippen molar-refractivity contribution in [1.29, 1.82) is 0 Å². The highest BCUT2D eigenvalue weighted by atomic mass is 35.5. The summed E-state index contributed by atoms with van der Waals surface area (Å²) in [6.45, 7) is 1.99. The number of rotatable bonds is 4. The van der Waals surface area contributed by atoms with E-state index in [2.05, 4.69) is 20.0 Å². The van der Waals surface area contributed by atoms with Crippen LogP contribution in [-0.2, 0) is 4.74 Å². The van der Waals surface area contributed by atoms with Crippen LogP contribution in [0.4, 0.5) is 5.13 Å². The molecule has 5 nitrogen and oxygen atoms in total. The molecule has 0 saturated heterocycles. The molecule has 0 bridgehead atoms. The van der Waals surface area contributed by atoms with Crippen molar-refractivity contribution in [2.75, 3.05) is 12.4 Å². The quantitative estimate of drug-likeness (QED) is 0.878. The molecule has 0 aliphatic carbocycles. The average molecular weight is 298 g/mol. The van der Waals surface area contributed by atoms with Crippen molar-refractivity contribution in [3.05, 3.63) is 40.1 Å². The van der Waals surface area contributed by atoms with Crippen LogP contribution in [0.1, 0.15) is 28.2 Å². The first kappa shape index (κ1) is 13.8. The maximum Gasteiger partial charge on any atom is 0.351 e. The summed E-state index contributed by atoms with van der Waals surface area (Å²) in [5, 5.41) is 3.92. The van der Waals surface area contributed by atoms with Crippen LogP contribution in [0, 0.1) is 0 Å². The van der Waals surface area contributed by atoms with Gasteiger partial charge in [-0.05, 0) is 24.6 Å². The van der Waals surface area contributed by atoms with E-state index in [1.807, 2.05) is 19.1 Å². The molecule has 2 rings (SSSR count). The summed E-state index contributed by atoms with van der Waals surface area (Å²) < 4.78 is 4.63. The van der Waals surface area contributed by atoms with Gasteiger partial charge in [-0.15, -0.1) is 0 Å². The summed E-state index contributed by atoms with van der Waals surface area (Å²) >= 11 is 7.07. The number of ether oxygens (including phenoxy) is 1. The van der Waals surface area contributed by atoms with Crippen molar-refractivity contribution >= 4 is 34.0 Å². The second kappa shape index (κ2) is 5.99. The molecule has 0 saturated carbocycles. The zero-order valence-electron chi connectivity index (χ0n) is 10.4. The third kappa shape index (κ3) is 3.21. The van der Waals surface area contributed by atoms with E-state index < -0.39 is 5.97 Å². The third-order valence-electron chi connectivity index (χ3n) is 2.50. The number of pyridine rings is 1. The Morgan fingerprint density at radius 3 is 2.79 bits per heavy atom. The van der Waals surface area contributed by atoms with E-state index in [0.29, 0.717) is 10.0 Å². The van der Waals surface area contributed by atoms with Gasteiger partial charge in [0.2, 0.25) is 0 Å². The molecule has 0 aromatic carbocycles. The molecular formula is C12H12ClN3O2S. The highest BCUT2D eigenvalue weighted by Crippen LogP contribution is 2.29. The fourth-order valence-corrected chi connectivity index (χ4v) is 2.69. The highest BCUT2D eigenvalue weighted by molar-refractivity contribution is 7.18. The van der Waals surface area contributed by atoms with E-state index in [1.165, 1.54) is 18.4 Å². The summed E-state index contributed by atoms with van der Waals surface area (Å²) in [6, 6.07) is 3.86. The van der Waals surface area contributed by atoms with Crippen LogP contribution in [0.2, 0.25) is 5.15 Å². The van der Waals surface area contributed by atoms with Crippen LogP contribution in [0.5, 0.6) is 0 Å². The number of carbonyl (C=O) groups is 1. The maximum atomic E-state index is 11.4. The molecule has 1 atom stereocenters. The Balaban J connectivity index is 2.14. The zero-order valence-corrected chi connectivity index (χ0v) is 12.0. The topological polar surface area (TPSA) is 64.1 Å². The Morgan fingerprint density at radius 2 is 2.16 bits per heavy atom. The highest BCUT2D eigenvalue weighted by Gasteiger charge is 2.18. The number of esters is 1. The monoisotopic (exact) mass is 297 g/mol. The van der Waals surface area contributed by atoms with Gasteiger partial charge >= 0.3 is 5.97 Å². The van der Waals surface area contributed by atoms with Crippen LogP contribution in [-0.4, -0.2) is 23.0 Å². The first-order valence-corrected chi connectivity index (χ1v) is 6.72. The molecule has 0 radical (unpaired) electrons. The van der Waals surface area contributed by atoms with Gasteiger partial charge in [0, 0.05) is 12.4 Å². The lowest BCUT2D eigenvalue weighted by molar-refractivity contribution is 0.0606. The zero-order chi connectivity index (χ0) is 13.8. The van der Waals surface area contributed by atoms with Gasteiger partial charge in [-0.3, -0.25) is 4.98 Å². The predicted molar refractivity (Wildman–Crippen MR) is 74.7 cm³/mol. The number of hydrogen-bond acceptors (Lipinski definition) is 6. The van der Waals surface area contributed by atoms with Gasteiger partial charge in [0.1, 0.15) is 0 Å². The van der Waals surface area contributed by atoms with E-state index in [-0.39, 0.29) is 11.2 Å². The summed E-state index contributed by atoms with van der Waals surface area (Å²) in [5.74, 6) is -0.480. The molecule has 0 fully saturated rings. The van der Waals surface area contributed by atoms with Gasteiger partial charge in [0.15, 0.2) is 15.2 Å². The van der Waals surface area contributed by atoms with Gasteiger partial charge < -0.3 is 10.1 Å². The SMILES string of the molecule is COC(=O)c1sc(NC(C)c2ccncc2)nc1Cl. The number of carbonyl (C=O) groups excluding carboxylic acids is 1. The lowest BCUT2D eigenvalue weighted by Crippen LogP contribution is -2.06. The molecule has 1 N–H and O–H groups in total. The molecular weight excluding hydrogens is 286 g/mol. The fourth-order valence-electron chi connectivity index (χ4n) is 1.50. The maximum absolute atomic E-state index is 11.4. The van der Waals surface area contributed by atoms with Gasteiger partial charge in [0.05, 0.1) is 13.2 Å². The Morgan fingerprint density at radius 1 is 1.47 bits per heavy atom. The molecule has 1 unspecified atom stereocenters. The number of nitrogens with one attached hydrogen (secondary N) is 1. The number of aromatic nitrogens is 2. The molecule has 0 amide bonds. The number of nitrogens with zero attached hydrogens (tertiary/aromatic N) is 2. The summed E-state index contributed by atoms with van der Waals surface area (Å²) in [4.78, 5) is 19.8. The molecule has 0 aliphatic heterocycles. The average Bonchev–Trinajstić information content (AvgIpc) is 2.79. The molecule has 2 aromatic rings. The van der Waals surface area contributed by atoms with Crippen molar-refractivity contribution in [3.63, 3.8) is 0 Å². The lowest BCUT2D eigenvalue weighted by Gasteiger charge is -2.12. The summed E-state index contributed by atoms with van der Waals surface area (Å²) in [6.07, 6.45) is 3.45. The number of thiazole rings is 1. The second-order valence-corrected chi connectivity index (χ2v) is 5.13. The van der Waals surface area contributed by atoms with Gasteiger partial charge in [-0.25, -0.2) is 9.78 Å². The minimum absolute atomic E-state index is 0.0377. The van der Waals surface area contributed by atoms with Crippen LogP contribution in [0.15, 0.2) is 24.5 Å². The Labute approximate surface area is 119 Å². The van der Waals surface area contributed by atoms with Crippen LogP contribution < -0.4 is 5.32 Å². The normalized spacial score (nSPS) is 11.9. The Kier molecular flexibility index (Phi) is 4.34. The van der Waals surface area contributed by atoms with Crippen molar-refractivity contribution in [2.24, 2.45) is 0 Å². The smallest absolute Gasteiger partial charge is 0.351 e. The number of anilines is 1. The Hall–Kier alpha value is -1.66. The van der Waals surface area contributed by atoms with Crippen molar-refractivity contribution in [1.82, 2.24) is 9.97 Å². The van der Waals surface area contributed by atoms with E-state index in [0.717, 1.165) is 5.56 Å². The minimum atomic E-state index is -0.480. The molecule has 2 heterocycles. The summed E-state index contributed by atoms with van der Waals surface area (Å²) in [5.41, 5.74) is 1.07. The predicted octanol–water partition coefficient (Wildman–Crippen LogP) is 3.15. The van der Waals surface area contributed by atoms with E-state index in [9.17, 15) is 4.79 Å². The molecule has 2 aromatic heterocycles. The first-order valence-electron chi connectivity index (χ1n) is 5.53. The molecule has 0 aliphatic rings. The number of methoxy groups -OCH3 is 1. The van der Waals surface area contributed by atoms with E-state index >= 15 is 0 Å². The second-order valence-electron chi connectivity index (χ2n) is 3.78.